The number of ether oxygens (including phenoxy) is 1. The van der Waals surface area contributed by atoms with Gasteiger partial charge in [0.25, 0.3) is 5.91 Å². The van der Waals surface area contributed by atoms with Gasteiger partial charge < -0.3 is 9.64 Å². The van der Waals surface area contributed by atoms with Gasteiger partial charge in [0.15, 0.2) is 0 Å². The first-order valence-electron chi connectivity index (χ1n) is 8.99. The first-order chi connectivity index (χ1) is 13.3. The van der Waals surface area contributed by atoms with Gasteiger partial charge in [-0.25, -0.2) is 8.42 Å². The predicted molar refractivity (Wildman–Crippen MR) is 109 cm³/mol. The van der Waals surface area contributed by atoms with Gasteiger partial charge >= 0.3 is 0 Å². The van der Waals surface area contributed by atoms with Crippen LogP contribution in [0.15, 0.2) is 48.5 Å². The zero-order valence-electron chi connectivity index (χ0n) is 15.7. The van der Waals surface area contributed by atoms with Crippen LogP contribution in [-0.4, -0.2) is 56.9 Å². The molecule has 0 unspecified atom stereocenters. The summed E-state index contributed by atoms with van der Waals surface area (Å²) in [6.07, 6.45) is 0. The summed E-state index contributed by atoms with van der Waals surface area (Å²) in [7, 11) is -1.65. The smallest absolute Gasteiger partial charge is 0.253 e. The standard InChI is InChI=1S/C20H23ClN2O4S/c1-22(14-16-4-8-19(21)9-5-16)20(24)18-6-2-17(3-7-18)15-28(25,26)23-10-12-27-13-11-23/h2-9H,10-15H2,1H3. The van der Waals surface area contributed by atoms with E-state index in [1.54, 1.807) is 48.3 Å². The van der Waals surface area contributed by atoms with E-state index in [1.165, 1.54) is 4.31 Å². The third-order valence-corrected chi connectivity index (χ3v) is 6.70. The number of carbonyl (C=O) groups excluding carboxylic acids is 1. The third-order valence-electron chi connectivity index (χ3n) is 4.59. The quantitative estimate of drug-likeness (QED) is 0.717. The first kappa shape index (κ1) is 20.8. The molecule has 0 aliphatic carbocycles. The average molecular weight is 423 g/mol. The molecule has 1 fully saturated rings. The molecule has 6 nitrogen and oxygen atoms in total. The minimum atomic E-state index is -3.38. The van der Waals surface area contributed by atoms with Crippen molar-refractivity contribution in [3.05, 3.63) is 70.2 Å². The number of benzene rings is 2. The Morgan fingerprint density at radius 1 is 1.04 bits per heavy atom. The van der Waals surface area contributed by atoms with E-state index in [4.69, 9.17) is 16.3 Å². The molecule has 28 heavy (non-hydrogen) atoms. The van der Waals surface area contributed by atoms with Gasteiger partial charge in [-0.05, 0) is 35.4 Å². The number of hydrogen-bond acceptors (Lipinski definition) is 4. The fraction of sp³-hybridized carbons (Fsp3) is 0.350. The van der Waals surface area contributed by atoms with Crippen LogP contribution in [0.2, 0.25) is 5.02 Å². The Labute approximate surface area is 170 Å². The second kappa shape index (κ2) is 9.05. The molecular weight excluding hydrogens is 400 g/mol. The third kappa shape index (κ3) is 5.32. The van der Waals surface area contributed by atoms with Crippen molar-refractivity contribution in [3.8, 4) is 0 Å². The van der Waals surface area contributed by atoms with E-state index in [2.05, 4.69) is 0 Å². The fourth-order valence-corrected chi connectivity index (χ4v) is 4.65. The molecule has 0 aromatic heterocycles. The lowest BCUT2D eigenvalue weighted by Crippen LogP contribution is -2.41. The molecule has 1 aliphatic rings. The molecule has 1 aliphatic heterocycles. The van der Waals surface area contributed by atoms with Crippen molar-refractivity contribution in [3.63, 3.8) is 0 Å². The van der Waals surface area contributed by atoms with Gasteiger partial charge in [0.05, 0.1) is 19.0 Å². The molecule has 0 radical (unpaired) electrons. The lowest BCUT2D eigenvalue weighted by molar-refractivity contribution is 0.0729. The topological polar surface area (TPSA) is 66.9 Å². The van der Waals surface area contributed by atoms with Gasteiger partial charge in [-0.1, -0.05) is 35.9 Å². The van der Waals surface area contributed by atoms with Crippen LogP contribution < -0.4 is 0 Å². The van der Waals surface area contributed by atoms with Crippen LogP contribution >= 0.6 is 11.6 Å². The van der Waals surface area contributed by atoms with Crippen molar-refractivity contribution in [2.45, 2.75) is 12.3 Å². The zero-order valence-corrected chi connectivity index (χ0v) is 17.2. The second-order valence-electron chi connectivity index (χ2n) is 6.75. The summed E-state index contributed by atoms with van der Waals surface area (Å²) in [5, 5.41) is 0.653. The highest BCUT2D eigenvalue weighted by Crippen LogP contribution is 2.16. The number of amides is 1. The Morgan fingerprint density at radius 2 is 1.61 bits per heavy atom. The highest BCUT2D eigenvalue weighted by Gasteiger charge is 2.24. The minimum Gasteiger partial charge on any atom is -0.379 e. The molecule has 2 aromatic rings. The Bertz CT molecular complexity index is 908. The number of morpholine rings is 1. The van der Waals surface area contributed by atoms with E-state index in [1.807, 2.05) is 12.1 Å². The fourth-order valence-electron chi connectivity index (χ4n) is 3.03. The monoisotopic (exact) mass is 422 g/mol. The highest BCUT2D eigenvalue weighted by atomic mass is 35.5. The molecule has 0 N–H and O–H groups in total. The Balaban J connectivity index is 1.62. The van der Waals surface area contributed by atoms with Gasteiger partial charge in [-0.15, -0.1) is 0 Å². The highest BCUT2D eigenvalue weighted by molar-refractivity contribution is 7.88. The van der Waals surface area contributed by atoms with Gasteiger partial charge in [0.1, 0.15) is 0 Å². The summed E-state index contributed by atoms with van der Waals surface area (Å²) in [5.41, 5.74) is 2.15. The number of nitrogens with zero attached hydrogens (tertiary/aromatic N) is 2. The number of rotatable bonds is 6. The number of sulfonamides is 1. The molecule has 0 saturated carbocycles. The molecule has 0 atom stereocenters. The normalized spacial score (nSPS) is 15.4. The van der Waals surface area contributed by atoms with Crippen LogP contribution in [0.5, 0.6) is 0 Å². The summed E-state index contributed by atoms with van der Waals surface area (Å²) in [5.74, 6) is -0.209. The van der Waals surface area contributed by atoms with E-state index in [0.717, 1.165) is 5.56 Å². The lowest BCUT2D eigenvalue weighted by atomic mass is 10.1. The SMILES string of the molecule is CN(Cc1ccc(Cl)cc1)C(=O)c1ccc(CS(=O)(=O)N2CCOCC2)cc1. The molecule has 1 amide bonds. The Morgan fingerprint density at radius 3 is 2.21 bits per heavy atom. The summed E-state index contributed by atoms with van der Waals surface area (Å²) in [6, 6.07) is 14.1. The molecule has 3 rings (SSSR count). The van der Waals surface area contributed by atoms with Crippen LogP contribution in [0.4, 0.5) is 0 Å². The van der Waals surface area contributed by atoms with Crippen molar-refractivity contribution in [2.24, 2.45) is 0 Å². The zero-order chi connectivity index (χ0) is 20.1. The van der Waals surface area contributed by atoms with Crippen LogP contribution in [-0.2, 0) is 27.1 Å². The van der Waals surface area contributed by atoms with Crippen molar-refractivity contribution in [2.75, 3.05) is 33.4 Å². The predicted octanol–water partition coefficient (Wildman–Crippen LogP) is 2.77. The first-order valence-corrected chi connectivity index (χ1v) is 11.0. The maximum atomic E-state index is 12.6. The van der Waals surface area contributed by atoms with E-state index >= 15 is 0 Å². The maximum Gasteiger partial charge on any atom is 0.253 e. The molecule has 1 saturated heterocycles. The van der Waals surface area contributed by atoms with Crippen LogP contribution in [0.1, 0.15) is 21.5 Å². The number of hydrogen-bond donors (Lipinski definition) is 0. The maximum absolute atomic E-state index is 12.6. The van der Waals surface area contributed by atoms with Crippen molar-refractivity contribution in [1.29, 1.82) is 0 Å². The molecule has 0 spiro atoms. The van der Waals surface area contributed by atoms with Crippen molar-refractivity contribution >= 4 is 27.5 Å². The van der Waals surface area contributed by atoms with Gasteiger partial charge in [0, 0.05) is 37.3 Å². The average Bonchev–Trinajstić information content (AvgIpc) is 2.70. The summed E-state index contributed by atoms with van der Waals surface area (Å²) < 4.78 is 31.6. The number of carbonyl (C=O) groups is 1. The van der Waals surface area contributed by atoms with Crippen LogP contribution in [0, 0.1) is 0 Å². The second-order valence-corrected chi connectivity index (χ2v) is 9.16. The molecular formula is C20H23ClN2O4S. The Hall–Kier alpha value is -1.93. The van der Waals surface area contributed by atoms with E-state index < -0.39 is 10.0 Å². The van der Waals surface area contributed by atoms with E-state index in [-0.39, 0.29) is 11.7 Å². The largest absolute Gasteiger partial charge is 0.379 e. The van der Waals surface area contributed by atoms with Crippen molar-refractivity contribution < 1.29 is 17.9 Å². The molecule has 0 bridgehead atoms. The summed E-state index contributed by atoms with van der Waals surface area (Å²) in [4.78, 5) is 14.2. The molecule has 8 heteroatoms. The van der Waals surface area contributed by atoms with Gasteiger partial charge in [0.2, 0.25) is 10.0 Å². The minimum absolute atomic E-state index is 0.0813. The van der Waals surface area contributed by atoms with Crippen molar-refractivity contribution in [1.82, 2.24) is 9.21 Å². The van der Waals surface area contributed by atoms with Gasteiger partial charge in [-0.2, -0.15) is 4.31 Å². The summed E-state index contributed by atoms with van der Waals surface area (Å²) >= 11 is 5.88. The molecule has 1 heterocycles. The Kier molecular flexibility index (Phi) is 6.72. The lowest BCUT2D eigenvalue weighted by Gasteiger charge is -2.26. The summed E-state index contributed by atoms with van der Waals surface area (Å²) in [6.45, 7) is 2.07. The van der Waals surface area contributed by atoms with E-state index in [9.17, 15) is 13.2 Å². The number of halogens is 1. The van der Waals surface area contributed by atoms with Crippen LogP contribution in [0.3, 0.4) is 0 Å². The van der Waals surface area contributed by atoms with Gasteiger partial charge in [-0.3, -0.25) is 4.79 Å². The molecule has 150 valence electrons. The van der Waals surface area contributed by atoms with E-state index in [0.29, 0.717) is 49.0 Å². The van der Waals surface area contributed by atoms with Crippen LogP contribution in [0.25, 0.3) is 0 Å². The molecule has 2 aromatic carbocycles.